The number of carboxylic acids is 1. The van der Waals surface area contributed by atoms with Gasteiger partial charge in [-0.3, -0.25) is 9.59 Å². The zero-order valence-corrected chi connectivity index (χ0v) is 16.0. The summed E-state index contributed by atoms with van der Waals surface area (Å²) in [5.74, 6) is -2.19. The van der Waals surface area contributed by atoms with E-state index in [-0.39, 0.29) is 23.3 Å². The van der Waals surface area contributed by atoms with Crippen LogP contribution in [0.3, 0.4) is 0 Å². The van der Waals surface area contributed by atoms with E-state index in [1.807, 2.05) is 0 Å². The number of nitrogens with zero attached hydrogens (tertiary/aromatic N) is 3. The third kappa shape index (κ3) is 3.32. The average molecular weight is 399 g/mol. The fourth-order valence-electron chi connectivity index (χ4n) is 4.66. The molecule has 152 valence electrons. The Labute approximate surface area is 166 Å². The fraction of sp³-hybridized carbons (Fsp3) is 0.429. The molecule has 8 heteroatoms. The Kier molecular flexibility index (Phi) is 4.94. The maximum atomic E-state index is 14.3. The quantitative estimate of drug-likeness (QED) is 0.856. The first kappa shape index (κ1) is 19.3. The number of fused-ring (bicyclic) bond motifs is 1. The Morgan fingerprint density at radius 3 is 2.66 bits per heavy atom. The van der Waals surface area contributed by atoms with Crippen molar-refractivity contribution < 1.29 is 19.1 Å². The molecule has 0 bridgehead atoms. The number of hydrogen-bond donors (Lipinski definition) is 1. The molecule has 0 spiro atoms. The third-order valence-electron chi connectivity index (χ3n) is 6.00. The summed E-state index contributed by atoms with van der Waals surface area (Å²) < 4.78 is 15.5. The van der Waals surface area contributed by atoms with Crippen molar-refractivity contribution in [1.29, 1.82) is 0 Å². The minimum atomic E-state index is -1.07. The lowest BCUT2D eigenvalue weighted by Crippen LogP contribution is -2.48. The maximum Gasteiger partial charge on any atom is 0.326 e. The summed E-state index contributed by atoms with van der Waals surface area (Å²) in [4.78, 5) is 39.0. The summed E-state index contributed by atoms with van der Waals surface area (Å²) >= 11 is 0. The average Bonchev–Trinajstić information content (AvgIpc) is 3.08. The maximum absolute atomic E-state index is 14.3. The molecule has 1 aliphatic carbocycles. The number of likely N-dealkylation sites (tertiary alicyclic amines) is 1. The fourth-order valence-corrected chi connectivity index (χ4v) is 4.66. The predicted molar refractivity (Wildman–Crippen MR) is 102 cm³/mol. The molecule has 2 aromatic rings. The van der Waals surface area contributed by atoms with Gasteiger partial charge < -0.3 is 10.0 Å². The largest absolute Gasteiger partial charge is 0.480 e. The number of amides is 1. The number of aliphatic carboxylic acids is 1. The van der Waals surface area contributed by atoms with Gasteiger partial charge in [-0.25, -0.2) is 13.9 Å². The molecule has 1 aliphatic heterocycles. The summed E-state index contributed by atoms with van der Waals surface area (Å²) in [6.07, 6.45) is 3.90. The van der Waals surface area contributed by atoms with E-state index in [2.05, 4.69) is 5.10 Å². The highest BCUT2D eigenvalue weighted by Gasteiger charge is 2.48. The molecule has 2 aliphatic rings. The van der Waals surface area contributed by atoms with Crippen LogP contribution in [0, 0.1) is 18.7 Å². The second-order valence-electron chi connectivity index (χ2n) is 7.78. The molecule has 0 unspecified atom stereocenters. The lowest BCUT2D eigenvalue weighted by Gasteiger charge is -2.32. The lowest BCUT2D eigenvalue weighted by atomic mass is 9.84. The van der Waals surface area contributed by atoms with Crippen molar-refractivity contribution in [1.82, 2.24) is 14.7 Å². The second-order valence-corrected chi connectivity index (χ2v) is 7.78. The highest BCUT2D eigenvalue weighted by molar-refractivity contribution is 5.95. The van der Waals surface area contributed by atoms with Gasteiger partial charge in [0.15, 0.2) is 5.69 Å². The van der Waals surface area contributed by atoms with Gasteiger partial charge in [0.25, 0.3) is 5.91 Å². The molecule has 7 nitrogen and oxygen atoms in total. The van der Waals surface area contributed by atoms with Crippen molar-refractivity contribution in [2.75, 3.05) is 0 Å². The molecule has 4 rings (SSSR count). The number of carboxylic acid groups (broad SMARTS) is 1. The zero-order valence-electron chi connectivity index (χ0n) is 16.0. The molecule has 1 aromatic carbocycles. The van der Waals surface area contributed by atoms with Crippen LogP contribution in [0.25, 0.3) is 5.69 Å². The SMILES string of the molecule is Cc1cc(=O)c(C(=O)N2[C@H](C(=O)O)C[C@@H]3CCCC[C@@H]32)nn1-c1ccccc1F. The summed E-state index contributed by atoms with van der Waals surface area (Å²) in [6, 6.07) is 5.99. The highest BCUT2D eigenvalue weighted by atomic mass is 19.1. The second kappa shape index (κ2) is 7.42. The Hall–Kier alpha value is -3.03. The highest BCUT2D eigenvalue weighted by Crippen LogP contribution is 2.40. The third-order valence-corrected chi connectivity index (χ3v) is 6.00. The number of aryl methyl sites for hydroxylation is 1. The molecule has 1 amide bonds. The Balaban J connectivity index is 1.78. The lowest BCUT2D eigenvalue weighted by molar-refractivity contribution is -0.141. The van der Waals surface area contributed by atoms with E-state index in [4.69, 9.17) is 0 Å². The van der Waals surface area contributed by atoms with Crippen LogP contribution in [0.5, 0.6) is 0 Å². The summed E-state index contributed by atoms with van der Waals surface area (Å²) in [5.41, 5.74) is -0.478. The summed E-state index contributed by atoms with van der Waals surface area (Å²) in [5, 5.41) is 13.8. The van der Waals surface area contributed by atoms with Gasteiger partial charge in [0.1, 0.15) is 17.5 Å². The van der Waals surface area contributed by atoms with Crippen molar-refractivity contribution in [2.24, 2.45) is 5.92 Å². The van der Waals surface area contributed by atoms with Crippen LogP contribution in [0.15, 0.2) is 35.1 Å². The molecule has 2 fully saturated rings. The molecular weight excluding hydrogens is 377 g/mol. The molecule has 1 aromatic heterocycles. The number of rotatable bonds is 3. The van der Waals surface area contributed by atoms with E-state index in [0.29, 0.717) is 18.5 Å². The number of para-hydroxylation sites is 1. The van der Waals surface area contributed by atoms with E-state index in [0.717, 1.165) is 19.3 Å². The minimum Gasteiger partial charge on any atom is -0.480 e. The van der Waals surface area contributed by atoms with Gasteiger partial charge >= 0.3 is 5.97 Å². The molecule has 29 heavy (non-hydrogen) atoms. The molecule has 1 N–H and O–H groups in total. The molecule has 3 atom stereocenters. The Morgan fingerprint density at radius 2 is 1.93 bits per heavy atom. The zero-order chi connectivity index (χ0) is 20.7. The predicted octanol–water partition coefficient (Wildman–Crippen LogP) is 2.54. The van der Waals surface area contributed by atoms with E-state index in [9.17, 15) is 23.9 Å². The van der Waals surface area contributed by atoms with Crippen molar-refractivity contribution in [3.05, 3.63) is 57.8 Å². The van der Waals surface area contributed by atoms with Crippen LogP contribution in [0.1, 0.15) is 48.3 Å². The van der Waals surface area contributed by atoms with Crippen molar-refractivity contribution in [3.8, 4) is 5.69 Å². The van der Waals surface area contributed by atoms with Crippen LogP contribution in [-0.2, 0) is 4.79 Å². The number of hydrogen-bond acceptors (Lipinski definition) is 4. The molecule has 1 saturated carbocycles. The van der Waals surface area contributed by atoms with Gasteiger partial charge in [0.05, 0.1) is 0 Å². The van der Waals surface area contributed by atoms with Crippen molar-refractivity contribution in [3.63, 3.8) is 0 Å². The molecule has 0 radical (unpaired) electrons. The number of carbonyl (C=O) groups excluding carboxylic acids is 1. The van der Waals surface area contributed by atoms with E-state index >= 15 is 0 Å². The van der Waals surface area contributed by atoms with Crippen molar-refractivity contribution >= 4 is 11.9 Å². The monoisotopic (exact) mass is 399 g/mol. The standard InChI is InChI=1S/C21H22FN3O4/c1-12-10-18(26)19(23-25(12)16-9-5-3-7-14(16)22)20(27)24-15-8-4-2-6-13(15)11-17(24)21(28)29/h3,5,7,9-10,13,15,17H,2,4,6,8,11H2,1H3,(H,28,29)/t13-,15-,17-/m0/s1. The van der Waals surface area contributed by atoms with E-state index < -0.39 is 29.2 Å². The van der Waals surface area contributed by atoms with Gasteiger partial charge in [-0.05, 0) is 44.2 Å². The van der Waals surface area contributed by atoms with Crippen LogP contribution >= 0.6 is 0 Å². The van der Waals surface area contributed by atoms with Gasteiger partial charge in [0.2, 0.25) is 5.43 Å². The van der Waals surface area contributed by atoms with Crippen LogP contribution in [-0.4, -0.2) is 43.7 Å². The van der Waals surface area contributed by atoms with Crippen molar-refractivity contribution in [2.45, 2.75) is 51.1 Å². The number of aromatic nitrogens is 2. The number of benzene rings is 1. The minimum absolute atomic E-state index is 0.116. The number of halogens is 1. The van der Waals surface area contributed by atoms with E-state index in [1.165, 1.54) is 33.8 Å². The molecular formula is C21H22FN3O4. The first-order valence-electron chi connectivity index (χ1n) is 9.80. The first-order chi connectivity index (χ1) is 13.9. The smallest absolute Gasteiger partial charge is 0.326 e. The number of carbonyl (C=O) groups is 2. The van der Waals surface area contributed by atoms with Gasteiger partial charge in [-0.2, -0.15) is 5.10 Å². The van der Waals surface area contributed by atoms with Crippen LogP contribution in [0.2, 0.25) is 0 Å². The summed E-state index contributed by atoms with van der Waals surface area (Å²) in [6.45, 7) is 1.60. The van der Waals surface area contributed by atoms with Gasteiger partial charge in [-0.15, -0.1) is 0 Å². The first-order valence-corrected chi connectivity index (χ1v) is 9.80. The van der Waals surface area contributed by atoms with Crippen LogP contribution in [0.4, 0.5) is 4.39 Å². The van der Waals surface area contributed by atoms with Gasteiger partial charge in [0, 0.05) is 17.8 Å². The topological polar surface area (TPSA) is 92.5 Å². The Bertz CT molecular complexity index is 1030. The molecule has 1 saturated heterocycles. The molecule has 2 heterocycles. The Morgan fingerprint density at radius 1 is 1.21 bits per heavy atom. The van der Waals surface area contributed by atoms with Gasteiger partial charge in [-0.1, -0.05) is 25.0 Å². The van der Waals surface area contributed by atoms with E-state index in [1.54, 1.807) is 13.0 Å². The normalized spacial score (nSPS) is 23.7. The van der Waals surface area contributed by atoms with Crippen LogP contribution < -0.4 is 5.43 Å². The summed E-state index contributed by atoms with van der Waals surface area (Å²) in [7, 11) is 0.